The van der Waals surface area contributed by atoms with Crippen molar-refractivity contribution in [1.29, 1.82) is 0 Å². The molecule has 120 valence electrons. The lowest BCUT2D eigenvalue weighted by molar-refractivity contribution is -0.136. The number of nitrogens with one attached hydrogen (secondary N) is 1. The monoisotopic (exact) mass is 311 g/mol. The Morgan fingerprint density at radius 2 is 1.65 bits per heavy atom. The van der Waals surface area contributed by atoms with E-state index in [0.29, 0.717) is 17.7 Å². The van der Waals surface area contributed by atoms with E-state index in [0.717, 1.165) is 5.56 Å². The lowest BCUT2D eigenvalue weighted by Crippen LogP contribution is -2.32. The minimum Gasteiger partial charge on any atom is -0.481 e. The Labute approximate surface area is 136 Å². The van der Waals surface area contributed by atoms with Gasteiger partial charge in [-0.2, -0.15) is 0 Å². The van der Waals surface area contributed by atoms with Gasteiger partial charge in [0.15, 0.2) is 0 Å². The molecular formula is C19H21NO3. The van der Waals surface area contributed by atoms with Gasteiger partial charge >= 0.3 is 5.97 Å². The van der Waals surface area contributed by atoms with Crippen LogP contribution in [0.4, 0.5) is 5.69 Å². The molecule has 2 N–H and O–H groups in total. The molecule has 23 heavy (non-hydrogen) atoms. The average Bonchev–Trinajstić information content (AvgIpc) is 2.47. The maximum Gasteiger partial charge on any atom is 0.307 e. The highest BCUT2D eigenvalue weighted by molar-refractivity contribution is 5.95. The van der Waals surface area contributed by atoms with Crippen LogP contribution >= 0.6 is 0 Å². The first-order valence-electron chi connectivity index (χ1n) is 7.53. The molecule has 2 rings (SSSR count). The number of amides is 1. The zero-order valence-electron chi connectivity index (χ0n) is 13.4. The van der Waals surface area contributed by atoms with Crippen molar-refractivity contribution in [2.75, 3.05) is 5.32 Å². The van der Waals surface area contributed by atoms with E-state index in [1.807, 2.05) is 44.2 Å². The van der Waals surface area contributed by atoms with Gasteiger partial charge in [-0.25, -0.2) is 0 Å². The predicted molar refractivity (Wildman–Crippen MR) is 90.3 cm³/mol. The van der Waals surface area contributed by atoms with E-state index in [9.17, 15) is 9.59 Å². The van der Waals surface area contributed by atoms with Crippen LogP contribution in [0.1, 0.15) is 25.0 Å². The van der Waals surface area contributed by atoms with Gasteiger partial charge in [0, 0.05) is 11.1 Å². The minimum absolute atomic E-state index is 0.0584. The molecule has 0 radical (unpaired) electrons. The van der Waals surface area contributed by atoms with E-state index in [1.54, 1.807) is 24.3 Å². The molecule has 0 heterocycles. The third-order valence-electron chi connectivity index (χ3n) is 3.64. The molecule has 0 aliphatic heterocycles. The van der Waals surface area contributed by atoms with E-state index in [1.165, 1.54) is 0 Å². The largest absolute Gasteiger partial charge is 0.481 e. The van der Waals surface area contributed by atoms with Crippen LogP contribution in [0.3, 0.4) is 0 Å². The molecule has 4 heteroatoms. The fourth-order valence-corrected chi connectivity index (χ4v) is 2.42. The van der Waals surface area contributed by atoms with Crippen molar-refractivity contribution in [3.8, 4) is 0 Å². The number of carbonyl (C=O) groups is 2. The first-order chi connectivity index (χ1) is 10.9. The first kappa shape index (κ1) is 16.7. The molecule has 0 saturated heterocycles. The summed E-state index contributed by atoms with van der Waals surface area (Å²) in [6.45, 7) is 3.80. The Morgan fingerprint density at radius 1 is 1.00 bits per heavy atom. The zero-order chi connectivity index (χ0) is 16.9. The summed E-state index contributed by atoms with van der Waals surface area (Å²) in [5.74, 6) is -0.980. The maximum absolute atomic E-state index is 12.5. The molecule has 0 aromatic heterocycles. The molecule has 0 bridgehead atoms. The molecule has 0 spiro atoms. The molecule has 0 atom stereocenters. The number of benzene rings is 2. The van der Waals surface area contributed by atoms with Crippen LogP contribution in [0, 0.1) is 5.41 Å². The topological polar surface area (TPSA) is 66.4 Å². The Morgan fingerprint density at radius 3 is 2.30 bits per heavy atom. The van der Waals surface area contributed by atoms with Gasteiger partial charge < -0.3 is 10.4 Å². The lowest BCUT2D eigenvalue weighted by Gasteiger charge is -2.24. The van der Waals surface area contributed by atoms with Crippen LogP contribution in [0.2, 0.25) is 0 Å². The van der Waals surface area contributed by atoms with E-state index < -0.39 is 11.4 Å². The third-order valence-corrected chi connectivity index (χ3v) is 3.64. The van der Waals surface area contributed by atoms with Crippen molar-refractivity contribution in [3.63, 3.8) is 0 Å². The van der Waals surface area contributed by atoms with Crippen molar-refractivity contribution in [2.45, 2.75) is 26.7 Å². The van der Waals surface area contributed by atoms with Crippen molar-refractivity contribution >= 4 is 17.6 Å². The number of hydrogen-bond donors (Lipinski definition) is 2. The number of anilines is 1. The fourth-order valence-electron chi connectivity index (χ4n) is 2.42. The summed E-state index contributed by atoms with van der Waals surface area (Å²) in [5, 5.41) is 11.7. The van der Waals surface area contributed by atoms with Gasteiger partial charge in [0.25, 0.3) is 0 Å². The number of rotatable bonds is 6. The summed E-state index contributed by atoms with van der Waals surface area (Å²) < 4.78 is 0. The summed E-state index contributed by atoms with van der Waals surface area (Å²) in [6.07, 6.45) is 0.575. The SMILES string of the molecule is CC(C)(Cc1ccccc1)C(=O)Nc1cccc(CC(=O)O)c1. The van der Waals surface area contributed by atoms with Gasteiger partial charge in [0.2, 0.25) is 5.91 Å². The van der Waals surface area contributed by atoms with Crippen molar-refractivity contribution in [1.82, 2.24) is 0 Å². The molecule has 0 saturated carbocycles. The second-order valence-corrected chi connectivity index (χ2v) is 6.27. The van der Waals surface area contributed by atoms with E-state index >= 15 is 0 Å². The average molecular weight is 311 g/mol. The van der Waals surface area contributed by atoms with Gasteiger partial charge in [-0.1, -0.05) is 56.3 Å². The first-order valence-corrected chi connectivity index (χ1v) is 7.53. The Balaban J connectivity index is 2.07. The van der Waals surface area contributed by atoms with Crippen LogP contribution in [-0.2, 0) is 22.4 Å². The molecule has 0 aliphatic rings. The predicted octanol–water partition coefficient (Wildman–Crippen LogP) is 3.52. The van der Waals surface area contributed by atoms with Crippen LogP contribution in [0.25, 0.3) is 0 Å². The van der Waals surface area contributed by atoms with E-state index in [4.69, 9.17) is 5.11 Å². The number of hydrogen-bond acceptors (Lipinski definition) is 2. The Kier molecular flexibility index (Phi) is 5.16. The fraction of sp³-hybridized carbons (Fsp3) is 0.263. The quantitative estimate of drug-likeness (QED) is 0.857. The highest BCUT2D eigenvalue weighted by Gasteiger charge is 2.28. The van der Waals surface area contributed by atoms with Crippen LogP contribution in [0.5, 0.6) is 0 Å². The minimum atomic E-state index is -0.891. The number of carboxylic acid groups (broad SMARTS) is 1. The molecule has 2 aromatic rings. The molecule has 4 nitrogen and oxygen atoms in total. The van der Waals surface area contributed by atoms with Gasteiger partial charge in [-0.05, 0) is 29.7 Å². The number of carbonyl (C=O) groups excluding carboxylic acids is 1. The van der Waals surface area contributed by atoms with Gasteiger partial charge in [-0.3, -0.25) is 9.59 Å². The highest BCUT2D eigenvalue weighted by Crippen LogP contribution is 2.24. The highest BCUT2D eigenvalue weighted by atomic mass is 16.4. The van der Waals surface area contributed by atoms with Crippen LogP contribution < -0.4 is 5.32 Å². The van der Waals surface area contributed by atoms with Crippen LogP contribution in [-0.4, -0.2) is 17.0 Å². The summed E-state index contributed by atoms with van der Waals surface area (Å²) >= 11 is 0. The van der Waals surface area contributed by atoms with E-state index in [-0.39, 0.29) is 12.3 Å². The number of carboxylic acids is 1. The normalized spacial score (nSPS) is 11.0. The van der Waals surface area contributed by atoms with Crippen molar-refractivity contribution in [2.24, 2.45) is 5.41 Å². The summed E-state index contributed by atoms with van der Waals surface area (Å²) in [4.78, 5) is 23.3. The lowest BCUT2D eigenvalue weighted by atomic mass is 9.84. The third kappa shape index (κ3) is 4.95. The smallest absolute Gasteiger partial charge is 0.307 e. The van der Waals surface area contributed by atoms with Crippen molar-refractivity contribution in [3.05, 3.63) is 65.7 Å². The standard InChI is InChI=1S/C19H21NO3/c1-19(2,13-14-7-4-3-5-8-14)18(23)20-16-10-6-9-15(11-16)12-17(21)22/h3-11H,12-13H2,1-2H3,(H,20,23)(H,21,22). The second-order valence-electron chi connectivity index (χ2n) is 6.27. The Bertz CT molecular complexity index is 693. The van der Waals surface area contributed by atoms with Gasteiger partial charge in [0.05, 0.1) is 6.42 Å². The summed E-state index contributed by atoms with van der Waals surface area (Å²) in [5.41, 5.74) is 1.82. The molecule has 0 fully saturated rings. The second kappa shape index (κ2) is 7.09. The molecule has 2 aromatic carbocycles. The van der Waals surface area contributed by atoms with Gasteiger partial charge in [0.1, 0.15) is 0 Å². The maximum atomic E-state index is 12.5. The Hall–Kier alpha value is -2.62. The summed E-state index contributed by atoms with van der Waals surface area (Å²) in [6, 6.07) is 16.8. The van der Waals surface area contributed by atoms with Gasteiger partial charge in [-0.15, -0.1) is 0 Å². The zero-order valence-corrected chi connectivity index (χ0v) is 13.4. The molecule has 0 aliphatic carbocycles. The van der Waals surface area contributed by atoms with Crippen molar-refractivity contribution < 1.29 is 14.7 Å². The molecule has 0 unspecified atom stereocenters. The van der Waals surface area contributed by atoms with Crippen LogP contribution in [0.15, 0.2) is 54.6 Å². The molecule has 1 amide bonds. The number of aliphatic carboxylic acids is 1. The van der Waals surface area contributed by atoms with E-state index in [2.05, 4.69) is 5.32 Å². The summed E-state index contributed by atoms with van der Waals surface area (Å²) in [7, 11) is 0. The molecular weight excluding hydrogens is 290 g/mol.